The molecule has 1 unspecified atom stereocenters. The van der Waals surface area contributed by atoms with Crippen LogP contribution in [0.1, 0.15) is 5.56 Å². The molecule has 1 aliphatic rings. The highest BCUT2D eigenvalue weighted by Gasteiger charge is 2.22. The number of nitrogens with zero attached hydrogens (tertiary/aromatic N) is 2. The highest BCUT2D eigenvalue weighted by Crippen LogP contribution is 2.28. The number of fused-ring (bicyclic) bond motifs is 1. The van der Waals surface area contributed by atoms with Crippen LogP contribution in [-0.2, 0) is 13.0 Å². The highest BCUT2D eigenvalue weighted by atomic mass is 35.5. The Morgan fingerprint density at radius 1 is 1.44 bits per heavy atom. The van der Waals surface area contributed by atoms with Crippen molar-refractivity contribution in [1.29, 1.82) is 0 Å². The van der Waals surface area contributed by atoms with E-state index in [9.17, 15) is 4.79 Å². The molecule has 0 spiro atoms. The Kier molecular flexibility index (Phi) is 2.80. The monoisotopic (exact) mass is 262 g/mol. The lowest BCUT2D eigenvalue weighted by atomic mass is 10.1. The lowest BCUT2D eigenvalue weighted by Crippen LogP contribution is -2.28. The maximum absolute atomic E-state index is 11.7. The van der Waals surface area contributed by atoms with Crippen LogP contribution in [0.4, 0.5) is 0 Å². The van der Waals surface area contributed by atoms with Crippen molar-refractivity contribution in [3.63, 3.8) is 0 Å². The zero-order chi connectivity index (χ0) is 12.5. The number of benzene rings is 1. The number of hydrogen-bond donors (Lipinski definition) is 0. The van der Waals surface area contributed by atoms with Gasteiger partial charge in [0.25, 0.3) is 5.56 Å². The Bertz CT molecular complexity index is 614. The fourth-order valence-corrected chi connectivity index (χ4v) is 2.25. The molecule has 1 aromatic heterocycles. The summed E-state index contributed by atoms with van der Waals surface area (Å²) < 4.78 is 7.29. The average Bonchev–Trinajstić information content (AvgIpc) is 2.75. The second-order valence-electron chi connectivity index (χ2n) is 4.25. The minimum atomic E-state index is -0.158. The molecule has 2 aromatic rings. The molecule has 1 aliphatic heterocycles. The first kappa shape index (κ1) is 11.3. The largest absolute Gasteiger partial charge is 0.488 e. The van der Waals surface area contributed by atoms with Gasteiger partial charge < -0.3 is 4.74 Å². The fourth-order valence-electron chi connectivity index (χ4n) is 2.12. The number of aromatic nitrogens is 2. The van der Waals surface area contributed by atoms with Gasteiger partial charge in [0.2, 0.25) is 0 Å². The minimum absolute atomic E-state index is 0.0249. The van der Waals surface area contributed by atoms with Gasteiger partial charge in [0, 0.05) is 12.5 Å². The number of hydrogen-bond acceptors (Lipinski definition) is 3. The molecule has 2 heterocycles. The summed E-state index contributed by atoms with van der Waals surface area (Å²) in [5.41, 5.74) is 1.02. The quantitative estimate of drug-likeness (QED) is 0.777. The van der Waals surface area contributed by atoms with Crippen LogP contribution >= 0.6 is 11.6 Å². The van der Waals surface area contributed by atoms with Crippen LogP contribution in [0.25, 0.3) is 0 Å². The third-order valence-electron chi connectivity index (χ3n) is 2.96. The fraction of sp³-hybridized carbons (Fsp3) is 0.231. The Hall–Kier alpha value is -1.81. The molecule has 1 aromatic carbocycles. The predicted octanol–water partition coefficient (Wildman–Crippen LogP) is 1.90. The molecule has 0 aliphatic carbocycles. The average molecular weight is 263 g/mol. The van der Waals surface area contributed by atoms with E-state index in [1.165, 1.54) is 22.5 Å². The Morgan fingerprint density at radius 3 is 3.06 bits per heavy atom. The molecule has 1 atom stereocenters. The van der Waals surface area contributed by atoms with Gasteiger partial charge in [-0.25, -0.2) is 4.98 Å². The van der Waals surface area contributed by atoms with Gasteiger partial charge in [-0.15, -0.1) is 0 Å². The number of ether oxygens (including phenoxy) is 1. The Morgan fingerprint density at radius 2 is 2.28 bits per heavy atom. The molecule has 0 saturated carbocycles. The van der Waals surface area contributed by atoms with Crippen molar-refractivity contribution in [1.82, 2.24) is 9.55 Å². The summed E-state index contributed by atoms with van der Waals surface area (Å²) in [6.07, 6.45) is 2.24. The Labute approximate surface area is 109 Å². The van der Waals surface area contributed by atoms with Gasteiger partial charge in [-0.05, 0) is 11.6 Å². The molecule has 0 amide bonds. The first-order valence-corrected chi connectivity index (χ1v) is 6.07. The SMILES string of the molecule is O=c1cc(Cl)ncn1CC1Cc2ccccc2O1. The second-order valence-corrected chi connectivity index (χ2v) is 4.64. The molecule has 0 fully saturated rings. The molecule has 0 bridgehead atoms. The van der Waals surface area contributed by atoms with Crippen molar-refractivity contribution >= 4 is 11.6 Å². The number of para-hydroxylation sites is 1. The maximum Gasteiger partial charge on any atom is 0.254 e. The predicted molar refractivity (Wildman–Crippen MR) is 68.1 cm³/mol. The molecular weight excluding hydrogens is 252 g/mol. The first-order chi connectivity index (χ1) is 8.72. The number of rotatable bonds is 2. The van der Waals surface area contributed by atoms with E-state index in [1.807, 2.05) is 24.3 Å². The van der Waals surface area contributed by atoms with Gasteiger partial charge in [-0.2, -0.15) is 0 Å². The van der Waals surface area contributed by atoms with Gasteiger partial charge >= 0.3 is 0 Å². The van der Waals surface area contributed by atoms with Crippen LogP contribution in [0.2, 0.25) is 5.15 Å². The summed E-state index contributed by atoms with van der Waals surface area (Å²) in [5, 5.41) is 0.215. The normalized spacial score (nSPS) is 17.3. The summed E-state index contributed by atoms with van der Waals surface area (Å²) in [5.74, 6) is 0.900. The van der Waals surface area contributed by atoms with E-state index in [2.05, 4.69) is 4.98 Å². The van der Waals surface area contributed by atoms with Crippen LogP contribution in [0.5, 0.6) is 5.75 Å². The lowest BCUT2D eigenvalue weighted by Gasteiger charge is -2.12. The molecule has 5 heteroatoms. The molecule has 3 rings (SSSR count). The molecule has 92 valence electrons. The van der Waals surface area contributed by atoms with Crippen LogP contribution in [-0.4, -0.2) is 15.7 Å². The van der Waals surface area contributed by atoms with Crippen molar-refractivity contribution in [2.75, 3.05) is 0 Å². The standard InChI is InChI=1S/C13H11ClN2O2/c14-12-6-13(17)16(8-15-12)7-10-5-9-3-1-2-4-11(9)18-10/h1-4,6,8,10H,5,7H2. The van der Waals surface area contributed by atoms with E-state index >= 15 is 0 Å². The zero-order valence-electron chi connectivity index (χ0n) is 9.54. The summed E-state index contributed by atoms with van der Waals surface area (Å²) in [7, 11) is 0. The van der Waals surface area contributed by atoms with Crippen LogP contribution in [0.15, 0.2) is 41.5 Å². The third kappa shape index (κ3) is 2.11. The van der Waals surface area contributed by atoms with Crippen molar-refractivity contribution in [3.05, 3.63) is 57.7 Å². The van der Waals surface area contributed by atoms with E-state index in [0.717, 1.165) is 12.2 Å². The highest BCUT2D eigenvalue weighted by molar-refractivity contribution is 6.29. The van der Waals surface area contributed by atoms with E-state index in [1.54, 1.807) is 0 Å². The zero-order valence-corrected chi connectivity index (χ0v) is 10.3. The molecule has 0 saturated heterocycles. The molecule has 0 N–H and O–H groups in total. The van der Waals surface area contributed by atoms with Gasteiger partial charge in [0.05, 0.1) is 12.9 Å². The molecule has 4 nitrogen and oxygen atoms in total. The summed E-state index contributed by atoms with van der Waals surface area (Å²) >= 11 is 5.65. The van der Waals surface area contributed by atoms with Crippen molar-refractivity contribution in [3.8, 4) is 5.75 Å². The van der Waals surface area contributed by atoms with E-state index < -0.39 is 0 Å². The van der Waals surface area contributed by atoms with Crippen LogP contribution in [0.3, 0.4) is 0 Å². The smallest absolute Gasteiger partial charge is 0.254 e. The van der Waals surface area contributed by atoms with Crippen molar-refractivity contribution < 1.29 is 4.74 Å². The number of halogens is 1. The minimum Gasteiger partial charge on any atom is -0.488 e. The van der Waals surface area contributed by atoms with Gasteiger partial charge in [-0.1, -0.05) is 29.8 Å². The van der Waals surface area contributed by atoms with Crippen LogP contribution < -0.4 is 10.3 Å². The first-order valence-electron chi connectivity index (χ1n) is 5.69. The molecule has 0 radical (unpaired) electrons. The van der Waals surface area contributed by atoms with Crippen molar-refractivity contribution in [2.45, 2.75) is 19.1 Å². The summed E-state index contributed by atoms with van der Waals surface area (Å²) in [6.45, 7) is 0.484. The maximum atomic E-state index is 11.7. The molecule has 18 heavy (non-hydrogen) atoms. The van der Waals surface area contributed by atoms with Crippen molar-refractivity contribution in [2.24, 2.45) is 0 Å². The van der Waals surface area contributed by atoms with E-state index in [4.69, 9.17) is 16.3 Å². The van der Waals surface area contributed by atoms with E-state index in [0.29, 0.717) is 6.54 Å². The van der Waals surface area contributed by atoms with Crippen LogP contribution in [0, 0.1) is 0 Å². The van der Waals surface area contributed by atoms with E-state index in [-0.39, 0.29) is 16.8 Å². The summed E-state index contributed by atoms with van der Waals surface area (Å²) in [6, 6.07) is 9.22. The van der Waals surface area contributed by atoms with Gasteiger partial charge in [-0.3, -0.25) is 9.36 Å². The molecular formula is C13H11ClN2O2. The third-order valence-corrected chi connectivity index (χ3v) is 3.17. The summed E-state index contributed by atoms with van der Waals surface area (Å²) in [4.78, 5) is 15.6. The lowest BCUT2D eigenvalue weighted by molar-refractivity contribution is 0.207. The van der Waals surface area contributed by atoms with Gasteiger partial charge in [0.15, 0.2) is 0 Å². The second kappa shape index (κ2) is 4.46. The van der Waals surface area contributed by atoms with Gasteiger partial charge in [0.1, 0.15) is 17.0 Å². The Balaban J connectivity index is 1.78. The topological polar surface area (TPSA) is 44.1 Å².